The minimum absolute atomic E-state index is 0.126. The molecule has 2 amide bonds. The molecule has 0 spiro atoms. The summed E-state index contributed by atoms with van der Waals surface area (Å²) in [7, 11) is 0. The second-order valence-electron chi connectivity index (χ2n) is 9.80. The van der Waals surface area contributed by atoms with E-state index in [9.17, 15) is 29.4 Å². The lowest BCUT2D eigenvalue weighted by Gasteiger charge is -2.20. The number of fused-ring (bicyclic) bond motifs is 2. The first kappa shape index (κ1) is 25.1. The Balaban J connectivity index is 1.33. The fraction of sp³-hybridized carbons (Fsp3) is 0.125. The number of anilines is 2. The molecule has 0 unspecified atom stereocenters. The van der Waals surface area contributed by atoms with Gasteiger partial charge in [0.15, 0.2) is 12.6 Å². The van der Waals surface area contributed by atoms with Crippen molar-refractivity contribution in [1.82, 2.24) is 0 Å². The lowest BCUT2D eigenvalue weighted by molar-refractivity contribution is 0.0981. The molecular formula is C32H24N2O6. The van der Waals surface area contributed by atoms with Crippen LogP contribution in [0, 0.1) is 0 Å². The van der Waals surface area contributed by atoms with Crippen molar-refractivity contribution < 1.29 is 29.4 Å². The monoisotopic (exact) mass is 532 g/mol. The second kappa shape index (κ2) is 9.81. The van der Waals surface area contributed by atoms with Crippen LogP contribution in [0.5, 0.6) is 11.5 Å². The van der Waals surface area contributed by atoms with E-state index in [0.29, 0.717) is 49.6 Å². The maximum absolute atomic E-state index is 13.4. The van der Waals surface area contributed by atoms with E-state index < -0.39 is 0 Å². The van der Waals surface area contributed by atoms with Crippen molar-refractivity contribution in [2.75, 3.05) is 22.9 Å². The highest BCUT2D eigenvalue weighted by Gasteiger charge is 2.31. The number of benzene rings is 4. The second-order valence-corrected chi connectivity index (χ2v) is 9.80. The molecule has 0 atom stereocenters. The average molecular weight is 533 g/mol. The number of carbonyl (C=O) groups is 4. The van der Waals surface area contributed by atoms with Crippen LogP contribution >= 0.6 is 0 Å². The Kier molecular flexibility index (Phi) is 6.15. The van der Waals surface area contributed by atoms with Gasteiger partial charge in [-0.05, 0) is 83.6 Å². The molecule has 8 heteroatoms. The van der Waals surface area contributed by atoms with E-state index in [1.54, 1.807) is 9.80 Å². The molecular weight excluding hydrogens is 508 g/mol. The van der Waals surface area contributed by atoms with Gasteiger partial charge in [-0.1, -0.05) is 24.3 Å². The summed E-state index contributed by atoms with van der Waals surface area (Å²) in [5.41, 5.74) is 6.45. The predicted octanol–water partition coefficient (Wildman–Crippen LogP) is 4.80. The highest BCUT2D eigenvalue weighted by molar-refractivity contribution is 6.10. The first-order chi connectivity index (χ1) is 19.4. The fourth-order valence-electron chi connectivity index (χ4n) is 5.66. The average Bonchev–Trinajstić information content (AvgIpc) is 3.61. The number of aldehydes is 2. The van der Waals surface area contributed by atoms with E-state index in [2.05, 4.69) is 0 Å². The Morgan fingerprint density at radius 2 is 1.05 bits per heavy atom. The standard InChI is InChI=1S/C32H24N2O6/c35-17-21-9-7-19(15-29(21)37)31(39)33-13-11-25-23(3-1-5-27(25)33)24-4-2-6-28-26(24)12-14-34(28)32(40)20-8-10-22(18-36)30(38)16-20/h1-10,15-18,37-38H,11-14H2. The van der Waals surface area contributed by atoms with Crippen LogP contribution in [0.15, 0.2) is 72.8 Å². The minimum atomic E-state index is -0.262. The van der Waals surface area contributed by atoms with Crippen LogP contribution in [0.2, 0.25) is 0 Å². The van der Waals surface area contributed by atoms with E-state index in [4.69, 9.17) is 0 Å². The zero-order valence-corrected chi connectivity index (χ0v) is 21.3. The quantitative estimate of drug-likeness (QED) is 0.357. The summed E-state index contributed by atoms with van der Waals surface area (Å²) >= 11 is 0. The number of phenolic OH excluding ortho intramolecular Hbond substituents is 2. The van der Waals surface area contributed by atoms with Gasteiger partial charge in [-0.2, -0.15) is 0 Å². The molecule has 198 valence electrons. The molecule has 0 radical (unpaired) electrons. The van der Waals surface area contributed by atoms with Crippen molar-refractivity contribution in [1.29, 1.82) is 0 Å². The predicted molar refractivity (Wildman–Crippen MR) is 150 cm³/mol. The summed E-state index contributed by atoms with van der Waals surface area (Å²) in [6.07, 6.45) is 2.37. The molecule has 0 saturated carbocycles. The van der Waals surface area contributed by atoms with Gasteiger partial charge in [0, 0.05) is 35.6 Å². The maximum Gasteiger partial charge on any atom is 0.258 e. The number of hydrogen-bond acceptors (Lipinski definition) is 6. The Bertz CT molecular complexity index is 1600. The van der Waals surface area contributed by atoms with E-state index in [1.807, 2.05) is 36.4 Å². The van der Waals surface area contributed by atoms with Crippen LogP contribution in [0.25, 0.3) is 11.1 Å². The third kappa shape index (κ3) is 4.01. The van der Waals surface area contributed by atoms with Crippen LogP contribution in [-0.4, -0.2) is 47.7 Å². The Labute approximate surface area is 229 Å². The minimum Gasteiger partial charge on any atom is -0.507 e. The molecule has 0 bridgehead atoms. The van der Waals surface area contributed by atoms with E-state index in [0.717, 1.165) is 33.6 Å². The summed E-state index contributed by atoms with van der Waals surface area (Å²) < 4.78 is 0. The molecule has 4 aromatic carbocycles. The normalized spacial score (nSPS) is 13.6. The van der Waals surface area contributed by atoms with E-state index >= 15 is 0 Å². The SMILES string of the molecule is O=Cc1ccc(C(=O)N2CCc3c(-c4cccc5c4CCN5C(=O)c4ccc(C=O)c(O)c4)cccc32)cc1O. The number of aromatic hydroxyl groups is 2. The van der Waals surface area contributed by atoms with Gasteiger partial charge in [-0.25, -0.2) is 0 Å². The largest absolute Gasteiger partial charge is 0.507 e. The lowest BCUT2D eigenvalue weighted by Crippen LogP contribution is -2.28. The smallest absolute Gasteiger partial charge is 0.258 e. The van der Waals surface area contributed by atoms with Gasteiger partial charge in [0.1, 0.15) is 11.5 Å². The summed E-state index contributed by atoms with van der Waals surface area (Å²) in [4.78, 5) is 52.2. The van der Waals surface area contributed by atoms with Gasteiger partial charge in [0.25, 0.3) is 11.8 Å². The summed E-state index contributed by atoms with van der Waals surface area (Å²) in [5, 5.41) is 20.1. The molecule has 0 aliphatic carbocycles. The Morgan fingerprint density at radius 1 is 0.625 bits per heavy atom. The Hall–Kier alpha value is -5.24. The van der Waals surface area contributed by atoms with Crippen LogP contribution in [0.1, 0.15) is 52.6 Å². The molecule has 2 aliphatic heterocycles. The maximum atomic E-state index is 13.4. The van der Waals surface area contributed by atoms with Gasteiger partial charge < -0.3 is 20.0 Å². The summed E-state index contributed by atoms with van der Waals surface area (Å²) in [5.74, 6) is -0.990. The van der Waals surface area contributed by atoms with E-state index in [-0.39, 0.29) is 34.4 Å². The Morgan fingerprint density at radius 3 is 1.43 bits per heavy atom. The van der Waals surface area contributed by atoms with Crippen LogP contribution in [0.4, 0.5) is 11.4 Å². The van der Waals surface area contributed by atoms with E-state index in [1.165, 1.54) is 36.4 Å². The molecule has 40 heavy (non-hydrogen) atoms. The summed E-state index contributed by atoms with van der Waals surface area (Å²) in [6, 6.07) is 20.2. The molecule has 6 rings (SSSR count). The highest BCUT2D eigenvalue weighted by Crippen LogP contribution is 2.42. The van der Waals surface area contributed by atoms with Gasteiger partial charge in [0.2, 0.25) is 0 Å². The molecule has 2 N–H and O–H groups in total. The zero-order chi connectivity index (χ0) is 28.0. The van der Waals surface area contributed by atoms with Crippen molar-refractivity contribution in [3.8, 4) is 22.6 Å². The number of rotatable bonds is 5. The molecule has 0 aromatic heterocycles. The highest BCUT2D eigenvalue weighted by atomic mass is 16.3. The van der Waals surface area contributed by atoms with Crippen molar-refractivity contribution in [3.05, 3.63) is 106 Å². The van der Waals surface area contributed by atoms with Crippen molar-refractivity contribution in [2.24, 2.45) is 0 Å². The molecule has 0 fully saturated rings. The lowest BCUT2D eigenvalue weighted by atomic mass is 9.93. The molecule has 2 heterocycles. The number of nitrogens with zero attached hydrogens (tertiary/aromatic N) is 2. The fourth-order valence-corrected chi connectivity index (χ4v) is 5.66. The molecule has 2 aliphatic rings. The molecule has 8 nitrogen and oxygen atoms in total. The van der Waals surface area contributed by atoms with Crippen molar-refractivity contribution in [2.45, 2.75) is 12.8 Å². The first-order valence-electron chi connectivity index (χ1n) is 12.9. The van der Waals surface area contributed by atoms with Crippen molar-refractivity contribution >= 4 is 35.8 Å². The first-order valence-corrected chi connectivity index (χ1v) is 12.9. The van der Waals surface area contributed by atoms with Crippen LogP contribution in [-0.2, 0) is 12.8 Å². The third-order valence-electron chi connectivity index (χ3n) is 7.64. The van der Waals surface area contributed by atoms with Crippen LogP contribution < -0.4 is 9.80 Å². The van der Waals surface area contributed by atoms with Gasteiger partial charge in [-0.3, -0.25) is 19.2 Å². The molecule has 4 aromatic rings. The number of carbonyl (C=O) groups excluding carboxylic acids is 4. The van der Waals surface area contributed by atoms with Gasteiger partial charge in [0.05, 0.1) is 11.1 Å². The summed E-state index contributed by atoms with van der Waals surface area (Å²) in [6.45, 7) is 0.947. The van der Waals surface area contributed by atoms with Gasteiger partial charge in [-0.15, -0.1) is 0 Å². The van der Waals surface area contributed by atoms with Gasteiger partial charge >= 0.3 is 0 Å². The van der Waals surface area contributed by atoms with Crippen molar-refractivity contribution in [3.63, 3.8) is 0 Å². The number of hydrogen-bond donors (Lipinski definition) is 2. The molecule has 0 saturated heterocycles. The number of amides is 2. The third-order valence-corrected chi connectivity index (χ3v) is 7.64. The topological polar surface area (TPSA) is 115 Å². The number of phenols is 2. The van der Waals surface area contributed by atoms with Crippen LogP contribution in [0.3, 0.4) is 0 Å². The zero-order valence-electron chi connectivity index (χ0n) is 21.3.